The summed E-state index contributed by atoms with van der Waals surface area (Å²) in [5, 5.41) is 3.79. The molecule has 2 heterocycles. The average molecular weight is 424 g/mol. The SMILES string of the molecule is O=C(NC1CCC(F)(F)CC1)N1CCC(c2cnc(-c3ccc(F)cc3)s2)CC1. The van der Waals surface area contributed by atoms with E-state index in [2.05, 4.69) is 10.3 Å². The summed E-state index contributed by atoms with van der Waals surface area (Å²) >= 11 is 1.61. The minimum absolute atomic E-state index is 0.144. The van der Waals surface area contributed by atoms with Crippen molar-refractivity contribution < 1.29 is 18.0 Å². The largest absolute Gasteiger partial charge is 0.335 e. The lowest BCUT2D eigenvalue weighted by Gasteiger charge is -2.34. The van der Waals surface area contributed by atoms with E-state index in [1.54, 1.807) is 28.4 Å². The maximum Gasteiger partial charge on any atom is 0.317 e. The van der Waals surface area contributed by atoms with E-state index in [-0.39, 0.29) is 30.7 Å². The minimum atomic E-state index is -2.58. The van der Waals surface area contributed by atoms with E-state index >= 15 is 0 Å². The van der Waals surface area contributed by atoms with E-state index in [0.29, 0.717) is 31.8 Å². The van der Waals surface area contributed by atoms with Gasteiger partial charge in [-0.15, -0.1) is 11.3 Å². The van der Waals surface area contributed by atoms with Gasteiger partial charge in [0.1, 0.15) is 10.8 Å². The lowest BCUT2D eigenvalue weighted by molar-refractivity contribution is -0.0398. The summed E-state index contributed by atoms with van der Waals surface area (Å²) in [6, 6.07) is 6.02. The van der Waals surface area contributed by atoms with Crippen LogP contribution in [0.2, 0.25) is 0 Å². The molecule has 1 aromatic carbocycles. The van der Waals surface area contributed by atoms with Gasteiger partial charge in [0, 0.05) is 48.6 Å². The summed E-state index contributed by atoms with van der Waals surface area (Å²) in [4.78, 5) is 19.9. The summed E-state index contributed by atoms with van der Waals surface area (Å²) in [6.45, 7) is 1.28. The van der Waals surface area contributed by atoms with Crippen LogP contribution in [0.15, 0.2) is 30.5 Å². The number of nitrogens with one attached hydrogen (secondary N) is 1. The van der Waals surface area contributed by atoms with Crippen LogP contribution in [0.25, 0.3) is 10.6 Å². The van der Waals surface area contributed by atoms with Crippen molar-refractivity contribution in [3.63, 3.8) is 0 Å². The Morgan fingerprint density at radius 2 is 1.76 bits per heavy atom. The molecule has 0 atom stereocenters. The molecule has 2 fully saturated rings. The summed E-state index contributed by atoms with van der Waals surface area (Å²) < 4.78 is 39.6. The number of aromatic nitrogens is 1. The number of likely N-dealkylation sites (tertiary alicyclic amines) is 1. The van der Waals surface area contributed by atoms with Gasteiger partial charge in [-0.1, -0.05) is 0 Å². The van der Waals surface area contributed by atoms with Crippen LogP contribution >= 0.6 is 11.3 Å². The molecule has 1 aliphatic heterocycles. The van der Waals surface area contributed by atoms with Gasteiger partial charge >= 0.3 is 6.03 Å². The van der Waals surface area contributed by atoms with Crippen molar-refractivity contribution in [3.05, 3.63) is 41.2 Å². The fraction of sp³-hybridized carbons (Fsp3) is 0.524. The van der Waals surface area contributed by atoms with Gasteiger partial charge in [-0.2, -0.15) is 0 Å². The van der Waals surface area contributed by atoms with Crippen molar-refractivity contribution in [2.75, 3.05) is 13.1 Å². The summed E-state index contributed by atoms with van der Waals surface area (Å²) in [7, 11) is 0. The number of carbonyl (C=O) groups excluding carboxylic acids is 1. The number of hydrogen-bond acceptors (Lipinski definition) is 3. The molecule has 1 aromatic heterocycles. The summed E-state index contributed by atoms with van der Waals surface area (Å²) in [6.07, 6.45) is 3.95. The molecular formula is C21H24F3N3OS. The number of rotatable bonds is 3. The molecule has 4 nitrogen and oxygen atoms in total. The Hall–Kier alpha value is -2.09. The second kappa shape index (κ2) is 8.34. The molecule has 1 aliphatic carbocycles. The molecule has 0 spiro atoms. The number of hydrogen-bond donors (Lipinski definition) is 1. The smallest absolute Gasteiger partial charge is 0.317 e. The van der Waals surface area contributed by atoms with Crippen molar-refractivity contribution in [1.29, 1.82) is 0 Å². The third-order valence-corrected chi connectivity index (χ3v) is 7.05. The van der Waals surface area contributed by atoms with Crippen LogP contribution in [0.5, 0.6) is 0 Å². The third kappa shape index (κ3) is 4.91. The van der Waals surface area contributed by atoms with Crippen LogP contribution in [-0.4, -0.2) is 41.0 Å². The third-order valence-electron chi connectivity index (χ3n) is 5.84. The Bertz CT molecular complexity index is 837. The van der Waals surface area contributed by atoms with Gasteiger partial charge < -0.3 is 10.2 Å². The lowest BCUT2D eigenvalue weighted by atomic mass is 9.92. The lowest BCUT2D eigenvalue weighted by Crippen LogP contribution is -2.49. The van der Waals surface area contributed by atoms with Crippen molar-refractivity contribution >= 4 is 17.4 Å². The summed E-state index contributed by atoms with van der Waals surface area (Å²) in [5.74, 6) is -2.50. The van der Waals surface area contributed by atoms with Gasteiger partial charge in [-0.3, -0.25) is 0 Å². The number of urea groups is 1. The molecule has 0 radical (unpaired) electrons. The molecule has 2 amide bonds. The number of benzene rings is 1. The first kappa shape index (κ1) is 20.2. The fourth-order valence-electron chi connectivity index (χ4n) is 4.02. The van der Waals surface area contributed by atoms with E-state index in [0.717, 1.165) is 23.4 Å². The predicted molar refractivity (Wildman–Crippen MR) is 107 cm³/mol. The van der Waals surface area contributed by atoms with Crippen molar-refractivity contribution in [3.8, 4) is 10.6 Å². The fourth-order valence-corrected chi connectivity index (χ4v) is 5.11. The first-order valence-corrected chi connectivity index (χ1v) is 10.9. The molecule has 1 N–H and O–H groups in total. The minimum Gasteiger partial charge on any atom is -0.335 e. The number of alkyl halides is 2. The zero-order chi connectivity index (χ0) is 20.4. The highest BCUT2D eigenvalue weighted by molar-refractivity contribution is 7.15. The zero-order valence-corrected chi connectivity index (χ0v) is 16.9. The van der Waals surface area contributed by atoms with Crippen molar-refractivity contribution in [2.45, 2.75) is 56.4 Å². The quantitative estimate of drug-likeness (QED) is 0.717. The van der Waals surface area contributed by atoms with Crippen LogP contribution in [0.4, 0.5) is 18.0 Å². The first-order chi connectivity index (χ1) is 13.9. The molecule has 8 heteroatoms. The molecule has 156 valence electrons. The molecule has 0 unspecified atom stereocenters. The second-order valence-electron chi connectivity index (χ2n) is 7.92. The van der Waals surface area contributed by atoms with Gasteiger partial charge in [0.05, 0.1) is 0 Å². The number of amides is 2. The van der Waals surface area contributed by atoms with Gasteiger partial charge in [0.25, 0.3) is 0 Å². The van der Waals surface area contributed by atoms with Crippen LogP contribution in [0.1, 0.15) is 49.3 Å². The highest BCUT2D eigenvalue weighted by Gasteiger charge is 2.36. The molecule has 2 aliphatic rings. The van der Waals surface area contributed by atoms with E-state index in [1.165, 1.54) is 17.0 Å². The first-order valence-electron chi connectivity index (χ1n) is 10.0. The van der Waals surface area contributed by atoms with Gasteiger partial charge in [-0.05, 0) is 55.9 Å². The van der Waals surface area contributed by atoms with Crippen molar-refractivity contribution in [1.82, 2.24) is 15.2 Å². The monoisotopic (exact) mass is 423 g/mol. The molecule has 4 rings (SSSR count). The van der Waals surface area contributed by atoms with Crippen molar-refractivity contribution in [2.24, 2.45) is 0 Å². The van der Waals surface area contributed by atoms with Crippen LogP contribution < -0.4 is 5.32 Å². The number of carbonyl (C=O) groups is 1. The molecular weight excluding hydrogens is 399 g/mol. The Balaban J connectivity index is 1.28. The highest BCUT2D eigenvalue weighted by atomic mass is 32.1. The van der Waals surface area contributed by atoms with Gasteiger partial charge in [-0.25, -0.2) is 22.9 Å². The van der Waals surface area contributed by atoms with Crippen LogP contribution in [-0.2, 0) is 0 Å². The maximum absolute atomic E-state index is 13.3. The standard InChI is InChI=1S/C21H24F3N3OS/c22-16-3-1-15(2-4-16)19-25-13-18(29-19)14-7-11-27(12-8-14)20(28)26-17-5-9-21(23,24)10-6-17/h1-4,13-14,17H,5-12H2,(H,26,28). The van der Waals surface area contributed by atoms with Gasteiger partial charge in [0.15, 0.2) is 0 Å². The number of thiazole rings is 1. The Morgan fingerprint density at radius 3 is 2.41 bits per heavy atom. The number of halogens is 3. The predicted octanol–water partition coefficient (Wildman–Crippen LogP) is 5.42. The summed E-state index contributed by atoms with van der Waals surface area (Å²) in [5.41, 5.74) is 0.900. The average Bonchev–Trinajstić information content (AvgIpc) is 3.20. The highest BCUT2D eigenvalue weighted by Crippen LogP contribution is 2.36. The van der Waals surface area contributed by atoms with E-state index < -0.39 is 5.92 Å². The van der Waals surface area contributed by atoms with Gasteiger partial charge in [0.2, 0.25) is 5.92 Å². The number of piperidine rings is 1. The van der Waals surface area contributed by atoms with E-state index in [1.807, 2.05) is 6.20 Å². The van der Waals surface area contributed by atoms with E-state index in [9.17, 15) is 18.0 Å². The van der Waals surface area contributed by atoms with E-state index in [4.69, 9.17) is 0 Å². The molecule has 1 saturated heterocycles. The molecule has 2 aromatic rings. The maximum atomic E-state index is 13.3. The Labute approximate surface area is 172 Å². The Kier molecular flexibility index (Phi) is 5.81. The zero-order valence-electron chi connectivity index (χ0n) is 16.0. The molecule has 29 heavy (non-hydrogen) atoms. The van der Waals surface area contributed by atoms with Crippen LogP contribution in [0.3, 0.4) is 0 Å². The normalized spacial score (nSPS) is 20.6. The number of nitrogens with zero attached hydrogens (tertiary/aromatic N) is 2. The van der Waals surface area contributed by atoms with Crippen LogP contribution in [0, 0.1) is 5.82 Å². The second-order valence-corrected chi connectivity index (χ2v) is 8.98. The molecule has 0 bridgehead atoms. The molecule has 1 saturated carbocycles. The topological polar surface area (TPSA) is 45.2 Å². The Morgan fingerprint density at radius 1 is 1.10 bits per heavy atom.